The van der Waals surface area contributed by atoms with Crippen LogP contribution in [0.5, 0.6) is 0 Å². The fourth-order valence-corrected chi connectivity index (χ4v) is 7.41. The van der Waals surface area contributed by atoms with Crippen molar-refractivity contribution in [3.8, 4) is 0 Å². The molecule has 6 atom stereocenters. The minimum absolute atomic E-state index is 0. The van der Waals surface area contributed by atoms with Gasteiger partial charge in [-0.15, -0.1) is 21.1 Å². The first-order valence-electron chi connectivity index (χ1n) is 11.5. The molecule has 0 unspecified atom stereocenters. The summed E-state index contributed by atoms with van der Waals surface area (Å²) in [5.74, 6) is -0.655. The van der Waals surface area contributed by atoms with Gasteiger partial charge in [0.05, 0.1) is 30.7 Å². The van der Waals surface area contributed by atoms with Crippen molar-refractivity contribution in [2.75, 3.05) is 24.5 Å². The van der Waals surface area contributed by atoms with Gasteiger partial charge in [-0.3, -0.25) is 4.79 Å². The second-order valence-electron chi connectivity index (χ2n) is 9.52. The van der Waals surface area contributed by atoms with Crippen molar-refractivity contribution in [2.45, 2.75) is 56.7 Å². The highest BCUT2D eigenvalue weighted by Gasteiger charge is 2.60. The van der Waals surface area contributed by atoms with Crippen LogP contribution in [0.4, 0.5) is 5.82 Å². The molecule has 5 heterocycles. The fraction of sp³-hybridized carbons (Fsp3) is 0.682. The number of nitrogens with zero attached hydrogens (tertiary/aromatic N) is 4. The maximum absolute atomic E-state index is 12.5. The van der Waals surface area contributed by atoms with Crippen LogP contribution >= 0.6 is 11.8 Å². The third-order valence-electron chi connectivity index (χ3n) is 7.43. The number of aryl methyl sites for hydroxylation is 1. The van der Waals surface area contributed by atoms with E-state index < -0.39 is 18.0 Å². The standard InChI is InChI=1S/C22H31N5O4S.ClH/c1-12-18-17(13(2)28)21(29)27(18)19(22(30)31)20(12)32-15-9-14(23-10-15)11-25-6-4-7-26-16(25)5-8-24(26)3;/h5,8,12-15,17-18,23,28H,4,6-7,9-11H2,1-3H3;1H/t12-,13-,14+,15+,17-,18-;/m1./s1. The molecule has 1 amide bonds. The van der Waals surface area contributed by atoms with E-state index in [2.05, 4.69) is 38.9 Å². The van der Waals surface area contributed by atoms with Gasteiger partial charge in [0.2, 0.25) is 5.91 Å². The summed E-state index contributed by atoms with van der Waals surface area (Å²) < 4.78 is 4.43. The van der Waals surface area contributed by atoms with E-state index in [0.29, 0.717) is 6.04 Å². The molecule has 9 nitrogen and oxygen atoms in total. The fourth-order valence-electron chi connectivity index (χ4n) is 5.89. The molecule has 3 N–H and O–H groups in total. The third-order valence-corrected chi connectivity index (χ3v) is 8.95. The highest BCUT2D eigenvalue weighted by atomic mass is 35.5. The van der Waals surface area contributed by atoms with E-state index in [1.807, 2.05) is 6.92 Å². The molecule has 182 valence electrons. The topological polar surface area (TPSA) is 102 Å². The maximum atomic E-state index is 12.5. The van der Waals surface area contributed by atoms with Crippen LogP contribution in [0.15, 0.2) is 22.9 Å². The lowest BCUT2D eigenvalue weighted by atomic mass is 9.79. The van der Waals surface area contributed by atoms with E-state index in [0.717, 1.165) is 43.9 Å². The van der Waals surface area contributed by atoms with E-state index in [1.165, 1.54) is 10.7 Å². The molecule has 0 aliphatic carbocycles. The van der Waals surface area contributed by atoms with Crippen molar-refractivity contribution in [2.24, 2.45) is 18.9 Å². The smallest absolute Gasteiger partial charge is 0.353 e. The lowest BCUT2D eigenvalue weighted by Gasteiger charge is -2.46. The largest absolute Gasteiger partial charge is 1.00 e. The molecule has 0 radical (unpaired) electrons. The zero-order valence-corrected chi connectivity index (χ0v) is 20.7. The summed E-state index contributed by atoms with van der Waals surface area (Å²) in [7, 11) is 2.07. The van der Waals surface area contributed by atoms with Crippen molar-refractivity contribution in [1.82, 2.24) is 14.9 Å². The Kier molecular flexibility index (Phi) is 6.74. The number of aliphatic carboxylic acids is 1. The number of nitrogens with one attached hydrogen (secondary N) is 1. The number of β-lactam (4-membered cyclic amide) rings is 1. The zero-order chi connectivity index (χ0) is 22.7. The number of fused-ring (bicyclic) bond motifs is 2. The Bertz CT molecular complexity index is 982. The van der Waals surface area contributed by atoms with Crippen LogP contribution in [-0.2, 0) is 23.2 Å². The summed E-state index contributed by atoms with van der Waals surface area (Å²) in [6.45, 7) is 7.43. The first kappa shape index (κ1) is 24.4. The van der Waals surface area contributed by atoms with Crippen LogP contribution in [0, 0.1) is 11.8 Å². The Hall–Kier alpha value is -1.75. The van der Waals surface area contributed by atoms with Crippen molar-refractivity contribution >= 4 is 29.5 Å². The molecule has 2 fully saturated rings. The van der Waals surface area contributed by atoms with E-state index in [9.17, 15) is 19.8 Å². The van der Waals surface area contributed by atoms with Crippen LogP contribution in [0.2, 0.25) is 0 Å². The van der Waals surface area contributed by atoms with Gasteiger partial charge in [0, 0.05) is 41.7 Å². The van der Waals surface area contributed by atoms with Gasteiger partial charge < -0.3 is 37.7 Å². The van der Waals surface area contributed by atoms with E-state index in [4.69, 9.17) is 0 Å². The lowest BCUT2D eigenvalue weighted by Crippen LogP contribution is -3.00. The quantitative estimate of drug-likeness (QED) is 0.287. The molecule has 1 aromatic rings. The van der Waals surface area contributed by atoms with Crippen LogP contribution in [0.3, 0.4) is 0 Å². The summed E-state index contributed by atoms with van der Waals surface area (Å²) >= 11 is 1.61. The summed E-state index contributed by atoms with van der Waals surface area (Å²) in [5.41, 5.74) is 0.124. The normalized spacial score (nSPS) is 31.8. The van der Waals surface area contributed by atoms with Gasteiger partial charge in [-0.1, -0.05) is 6.92 Å². The molecule has 2 saturated heterocycles. The highest BCUT2D eigenvalue weighted by molar-refractivity contribution is 8.03. The number of halogens is 1. The van der Waals surface area contributed by atoms with Gasteiger partial charge in [-0.05, 0) is 19.8 Å². The van der Waals surface area contributed by atoms with Crippen LogP contribution in [0.25, 0.3) is 0 Å². The molecule has 4 aliphatic heterocycles. The predicted molar refractivity (Wildman–Crippen MR) is 120 cm³/mol. The molecular formula is C22H32ClN5O4S. The number of thioether (sulfide) groups is 1. The molecule has 0 aromatic carbocycles. The summed E-state index contributed by atoms with van der Waals surface area (Å²) in [5, 5.41) is 23.8. The molecular weight excluding hydrogens is 466 g/mol. The van der Waals surface area contributed by atoms with Gasteiger partial charge in [-0.25, -0.2) is 4.79 Å². The van der Waals surface area contributed by atoms with Gasteiger partial charge in [-0.2, -0.15) is 0 Å². The van der Waals surface area contributed by atoms with Crippen molar-refractivity contribution in [1.29, 1.82) is 0 Å². The molecule has 5 rings (SSSR count). The number of amides is 1. The molecule has 1 aromatic heterocycles. The number of anilines is 1. The first-order valence-corrected chi connectivity index (χ1v) is 12.3. The average molecular weight is 498 g/mol. The van der Waals surface area contributed by atoms with Crippen LogP contribution in [0.1, 0.15) is 26.7 Å². The number of hydrogen-bond acceptors (Lipinski definition) is 6. The average Bonchev–Trinajstić information content (AvgIpc) is 3.40. The number of carbonyl (C=O) groups is 2. The van der Waals surface area contributed by atoms with Crippen LogP contribution in [-0.4, -0.2) is 74.7 Å². The minimum Gasteiger partial charge on any atom is -1.00 e. The first-order chi connectivity index (χ1) is 15.3. The van der Waals surface area contributed by atoms with E-state index in [-0.39, 0.29) is 41.2 Å². The molecule has 0 spiro atoms. The number of aliphatic hydroxyl groups is 1. The zero-order valence-electron chi connectivity index (χ0n) is 19.1. The van der Waals surface area contributed by atoms with Gasteiger partial charge in [0.1, 0.15) is 5.70 Å². The maximum Gasteiger partial charge on any atom is 0.353 e. The molecule has 0 bridgehead atoms. The third kappa shape index (κ3) is 3.94. The van der Waals surface area contributed by atoms with E-state index >= 15 is 0 Å². The Balaban J connectivity index is 0.00000259. The second kappa shape index (κ2) is 9.13. The number of rotatable bonds is 6. The van der Waals surface area contributed by atoms with Gasteiger partial charge >= 0.3 is 5.97 Å². The van der Waals surface area contributed by atoms with Gasteiger partial charge in [0.15, 0.2) is 19.1 Å². The van der Waals surface area contributed by atoms with E-state index in [1.54, 1.807) is 18.7 Å². The summed E-state index contributed by atoms with van der Waals surface area (Å²) in [4.78, 5) is 29.2. The van der Waals surface area contributed by atoms with Crippen molar-refractivity contribution in [3.05, 3.63) is 22.9 Å². The molecule has 4 aliphatic rings. The number of aromatic nitrogens is 2. The summed E-state index contributed by atoms with van der Waals surface area (Å²) in [6, 6.07) is 2.27. The minimum atomic E-state index is -1.05. The number of aliphatic hydroxyl groups excluding tert-OH is 1. The second-order valence-corrected chi connectivity index (χ2v) is 10.9. The SMILES string of the molecule is C[C@@H](O)[C@H]1C(=O)N2C(C(=O)O)=C(S[C@@H]3CN[C@H](CN4CCCn5c4cc[n+]5C)C3)[C@H](C)[C@H]12.[Cl-]. The highest BCUT2D eigenvalue weighted by Crippen LogP contribution is 2.51. The number of hydrogen-bond donors (Lipinski definition) is 3. The van der Waals surface area contributed by atoms with Crippen molar-refractivity contribution in [3.63, 3.8) is 0 Å². The Morgan fingerprint density at radius 2 is 2.15 bits per heavy atom. The Labute approximate surface area is 204 Å². The molecule has 0 saturated carbocycles. The van der Waals surface area contributed by atoms with Crippen LogP contribution < -0.4 is 27.3 Å². The number of carboxylic acids is 1. The Morgan fingerprint density at radius 3 is 2.85 bits per heavy atom. The lowest BCUT2D eigenvalue weighted by molar-refractivity contribution is -0.753. The Morgan fingerprint density at radius 1 is 1.39 bits per heavy atom. The molecule has 11 heteroatoms. The number of carboxylic acid groups (broad SMARTS) is 1. The molecule has 33 heavy (non-hydrogen) atoms. The van der Waals surface area contributed by atoms with Crippen molar-refractivity contribution < 1.29 is 36.9 Å². The monoisotopic (exact) mass is 497 g/mol. The predicted octanol–water partition coefficient (Wildman–Crippen LogP) is -2.86. The van der Waals surface area contributed by atoms with Gasteiger partial charge in [0.25, 0.3) is 0 Å². The number of carbonyl (C=O) groups excluding carboxylic acids is 1. The summed E-state index contributed by atoms with van der Waals surface area (Å²) in [6.07, 6.45) is 3.41.